The third kappa shape index (κ3) is 3.06. The Hall–Kier alpha value is -3.15. The molecule has 0 aliphatic carbocycles. The van der Waals surface area contributed by atoms with Gasteiger partial charge in [-0.25, -0.2) is 0 Å². The van der Waals surface area contributed by atoms with Gasteiger partial charge in [-0.05, 0) is 42.8 Å². The van der Waals surface area contributed by atoms with Crippen LogP contribution in [0.5, 0.6) is 5.75 Å². The number of hydrogen-bond acceptors (Lipinski definition) is 3. The molecule has 0 bridgehead atoms. The van der Waals surface area contributed by atoms with Crippen molar-refractivity contribution in [2.45, 2.75) is 13.0 Å². The van der Waals surface area contributed by atoms with E-state index >= 15 is 0 Å². The highest BCUT2D eigenvalue weighted by molar-refractivity contribution is 6.03. The molecule has 23 heavy (non-hydrogen) atoms. The van der Waals surface area contributed by atoms with Crippen LogP contribution in [0.1, 0.15) is 28.4 Å². The quantitative estimate of drug-likeness (QED) is 0.649. The van der Waals surface area contributed by atoms with Gasteiger partial charge in [-0.2, -0.15) is 4.99 Å². The SMILES string of the molecule is CC1C=C(c2cccnc2)c2cc(C(=O)N=C(N)N)ccc2O1. The summed E-state index contributed by atoms with van der Waals surface area (Å²) in [6, 6.07) is 8.96. The molecular weight excluding hydrogens is 292 g/mol. The van der Waals surface area contributed by atoms with E-state index in [0.29, 0.717) is 11.3 Å². The van der Waals surface area contributed by atoms with Crippen LogP contribution < -0.4 is 16.2 Å². The molecule has 1 atom stereocenters. The van der Waals surface area contributed by atoms with Crippen molar-refractivity contribution in [3.8, 4) is 5.75 Å². The number of ether oxygens (including phenoxy) is 1. The lowest BCUT2D eigenvalue weighted by molar-refractivity contribution is 0.100. The minimum atomic E-state index is -0.489. The van der Waals surface area contributed by atoms with Crippen LogP contribution in [0.3, 0.4) is 0 Å². The number of guanidine groups is 1. The first kappa shape index (κ1) is 14.8. The van der Waals surface area contributed by atoms with Gasteiger partial charge in [0.15, 0.2) is 5.96 Å². The molecule has 1 unspecified atom stereocenters. The molecule has 2 heterocycles. The zero-order valence-corrected chi connectivity index (χ0v) is 12.6. The Morgan fingerprint density at radius 1 is 1.30 bits per heavy atom. The van der Waals surface area contributed by atoms with E-state index in [-0.39, 0.29) is 12.1 Å². The number of aromatic nitrogens is 1. The van der Waals surface area contributed by atoms with Gasteiger partial charge in [0.25, 0.3) is 5.91 Å². The maximum Gasteiger partial charge on any atom is 0.280 e. The van der Waals surface area contributed by atoms with Gasteiger partial charge in [0.2, 0.25) is 0 Å². The maximum absolute atomic E-state index is 12.0. The van der Waals surface area contributed by atoms with E-state index in [2.05, 4.69) is 9.98 Å². The summed E-state index contributed by atoms with van der Waals surface area (Å²) in [4.78, 5) is 19.7. The average molecular weight is 308 g/mol. The van der Waals surface area contributed by atoms with E-state index in [1.54, 1.807) is 30.6 Å². The molecule has 2 aromatic rings. The zero-order valence-electron chi connectivity index (χ0n) is 12.6. The van der Waals surface area contributed by atoms with Gasteiger partial charge in [-0.1, -0.05) is 6.07 Å². The van der Waals surface area contributed by atoms with Crippen LogP contribution in [0, 0.1) is 0 Å². The summed E-state index contributed by atoms with van der Waals surface area (Å²) in [5.74, 6) is -0.0438. The number of nitrogens with two attached hydrogens (primary N) is 2. The summed E-state index contributed by atoms with van der Waals surface area (Å²) >= 11 is 0. The van der Waals surface area contributed by atoms with Crippen LogP contribution in [-0.2, 0) is 0 Å². The molecule has 6 heteroatoms. The summed E-state index contributed by atoms with van der Waals surface area (Å²) in [7, 11) is 0. The highest BCUT2D eigenvalue weighted by Gasteiger charge is 2.21. The fourth-order valence-electron chi connectivity index (χ4n) is 2.49. The van der Waals surface area contributed by atoms with Crippen LogP contribution in [0.15, 0.2) is 53.8 Å². The first-order valence-electron chi connectivity index (χ1n) is 7.12. The van der Waals surface area contributed by atoms with Gasteiger partial charge in [0.05, 0.1) is 0 Å². The van der Waals surface area contributed by atoms with Gasteiger partial charge in [-0.3, -0.25) is 9.78 Å². The number of carbonyl (C=O) groups excluding carboxylic acids is 1. The maximum atomic E-state index is 12.0. The third-order valence-electron chi connectivity index (χ3n) is 3.43. The van der Waals surface area contributed by atoms with Crippen molar-refractivity contribution in [2.24, 2.45) is 16.5 Å². The van der Waals surface area contributed by atoms with Crippen molar-refractivity contribution in [3.05, 3.63) is 65.5 Å². The fraction of sp³-hybridized carbons (Fsp3) is 0.118. The number of hydrogen-bond donors (Lipinski definition) is 2. The summed E-state index contributed by atoms with van der Waals surface area (Å²) in [5.41, 5.74) is 13.7. The highest BCUT2D eigenvalue weighted by atomic mass is 16.5. The second-order valence-corrected chi connectivity index (χ2v) is 5.20. The van der Waals surface area contributed by atoms with E-state index in [1.165, 1.54) is 0 Å². The minimum absolute atomic E-state index is 0.0723. The van der Waals surface area contributed by atoms with Gasteiger partial charge < -0.3 is 16.2 Å². The minimum Gasteiger partial charge on any atom is -0.486 e. The smallest absolute Gasteiger partial charge is 0.280 e. The summed E-state index contributed by atoms with van der Waals surface area (Å²) in [6.07, 6.45) is 5.41. The molecule has 6 nitrogen and oxygen atoms in total. The number of carbonyl (C=O) groups is 1. The highest BCUT2D eigenvalue weighted by Crippen LogP contribution is 2.36. The summed E-state index contributed by atoms with van der Waals surface area (Å²) in [5, 5.41) is 0. The number of rotatable bonds is 2. The van der Waals surface area contributed by atoms with Crippen LogP contribution >= 0.6 is 0 Å². The standard InChI is InChI=1S/C17H16N4O2/c1-10-7-13(12-3-2-6-20-9-12)14-8-11(4-5-15(14)23-10)16(22)21-17(18)19/h2-10H,1H3,(H4,18,19,21,22). The molecule has 3 rings (SSSR count). The van der Waals surface area contributed by atoms with Crippen molar-refractivity contribution in [2.75, 3.05) is 0 Å². The Bertz CT molecular complexity index is 809. The predicted octanol–water partition coefficient (Wildman–Crippen LogP) is 1.71. The summed E-state index contributed by atoms with van der Waals surface area (Å²) < 4.78 is 5.81. The lowest BCUT2D eigenvalue weighted by Gasteiger charge is -2.23. The molecule has 0 spiro atoms. The molecule has 0 saturated carbocycles. The average Bonchev–Trinajstić information content (AvgIpc) is 2.53. The van der Waals surface area contributed by atoms with Gasteiger partial charge in [-0.15, -0.1) is 0 Å². The fourth-order valence-corrected chi connectivity index (χ4v) is 2.49. The molecule has 0 fully saturated rings. The first-order valence-corrected chi connectivity index (χ1v) is 7.12. The molecule has 1 aromatic heterocycles. The Morgan fingerprint density at radius 2 is 2.13 bits per heavy atom. The lowest BCUT2D eigenvalue weighted by atomic mass is 9.93. The lowest BCUT2D eigenvalue weighted by Crippen LogP contribution is -2.24. The number of benzene rings is 1. The van der Waals surface area contributed by atoms with Crippen molar-refractivity contribution in [1.29, 1.82) is 0 Å². The molecule has 0 radical (unpaired) electrons. The summed E-state index contributed by atoms with van der Waals surface area (Å²) in [6.45, 7) is 1.96. The third-order valence-corrected chi connectivity index (χ3v) is 3.43. The first-order chi connectivity index (χ1) is 11.0. The van der Waals surface area contributed by atoms with Gasteiger partial charge in [0, 0.05) is 29.1 Å². The largest absolute Gasteiger partial charge is 0.486 e. The normalized spacial score (nSPS) is 15.9. The van der Waals surface area contributed by atoms with Crippen LogP contribution in [-0.4, -0.2) is 23.0 Å². The number of pyridine rings is 1. The number of fused-ring (bicyclic) bond motifs is 1. The van der Waals surface area contributed by atoms with E-state index in [4.69, 9.17) is 16.2 Å². The van der Waals surface area contributed by atoms with E-state index in [9.17, 15) is 4.79 Å². The predicted molar refractivity (Wildman–Crippen MR) is 88.0 cm³/mol. The van der Waals surface area contributed by atoms with Crippen LogP contribution in [0.4, 0.5) is 0 Å². The van der Waals surface area contributed by atoms with Crippen molar-refractivity contribution < 1.29 is 9.53 Å². The molecule has 1 aliphatic heterocycles. The van der Waals surface area contributed by atoms with Crippen molar-refractivity contribution >= 4 is 17.4 Å². The van der Waals surface area contributed by atoms with E-state index in [1.807, 2.05) is 25.1 Å². The van der Waals surface area contributed by atoms with E-state index in [0.717, 1.165) is 16.7 Å². The number of amides is 1. The molecule has 1 amide bonds. The van der Waals surface area contributed by atoms with Crippen LogP contribution in [0.25, 0.3) is 5.57 Å². The van der Waals surface area contributed by atoms with Gasteiger partial charge >= 0.3 is 0 Å². The van der Waals surface area contributed by atoms with Crippen LogP contribution in [0.2, 0.25) is 0 Å². The zero-order chi connectivity index (χ0) is 16.4. The molecule has 4 N–H and O–H groups in total. The molecular formula is C17H16N4O2. The molecule has 1 aliphatic rings. The second kappa shape index (κ2) is 5.92. The van der Waals surface area contributed by atoms with Crippen molar-refractivity contribution in [3.63, 3.8) is 0 Å². The Balaban J connectivity index is 2.09. The van der Waals surface area contributed by atoms with Crippen molar-refractivity contribution in [1.82, 2.24) is 4.98 Å². The second-order valence-electron chi connectivity index (χ2n) is 5.20. The Kier molecular flexibility index (Phi) is 3.80. The van der Waals surface area contributed by atoms with E-state index < -0.39 is 5.91 Å². The monoisotopic (exact) mass is 308 g/mol. The Morgan fingerprint density at radius 3 is 2.83 bits per heavy atom. The molecule has 116 valence electrons. The number of aliphatic imine (C=N–C) groups is 1. The molecule has 1 aromatic carbocycles. The Labute approximate surface area is 133 Å². The number of nitrogens with zero attached hydrogens (tertiary/aromatic N) is 2. The van der Waals surface area contributed by atoms with Gasteiger partial charge in [0.1, 0.15) is 11.9 Å². The topological polar surface area (TPSA) is 104 Å². The molecule has 0 saturated heterocycles.